The van der Waals surface area contributed by atoms with Crippen molar-refractivity contribution in [3.05, 3.63) is 22.4 Å². The molecule has 1 aromatic rings. The molecule has 2 amide bonds. The van der Waals surface area contributed by atoms with Gasteiger partial charge in [-0.3, -0.25) is 0 Å². The average Bonchev–Trinajstić information content (AvgIpc) is 3.05. The summed E-state index contributed by atoms with van der Waals surface area (Å²) in [4.78, 5) is 23.4. The summed E-state index contributed by atoms with van der Waals surface area (Å²) >= 11 is 1.30. The molecule has 1 fully saturated rings. The van der Waals surface area contributed by atoms with E-state index in [0.29, 0.717) is 11.4 Å². The number of nitrogens with one attached hydrogen (secondary N) is 2. The highest BCUT2D eigenvalue weighted by atomic mass is 32.1. The number of aliphatic carboxylic acids is 1. The van der Waals surface area contributed by atoms with E-state index in [1.165, 1.54) is 11.3 Å². The third-order valence-corrected chi connectivity index (χ3v) is 3.80. The lowest BCUT2D eigenvalue weighted by atomic mass is 10.2. The van der Waals surface area contributed by atoms with Gasteiger partial charge in [-0.15, -0.1) is 11.3 Å². The number of rotatable bonds is 5. The smallest absolute Gasteiger partial charge is 0.331 e. The normalized spacial score (nSPS) is 19.9. The van der Waals surface area contributed by atoms with Gasteiger partial charge in [0.05, 0.1) is 6.10 Å². The molecular weight excluding hydrogens is 268 g/mol. The summed E-state index contributed by atoms with van der Waals surface area (Å²) in [6, 6.07) is 1.94. The summed E-state index contributed by atoms with van der Waals surface area (Å²) < 4.78 is 5.37. The number of carbonyl (C=O) groups excluding carboxylic acids is 1. The van der Waals surface area contributed by atoms with Crippen LogP contribution in [0.2, 0.25) is 0 Å². The Kier molecular flexibility index (Phi) is 4.75. The maximum atomic E-state index is 11.7. The van der Waals surface area contributed by atoms with Gasteiger partial charge in [0, 0.05) is 18.0 Å². The summed E-state index contributed by atoms with van der Waals surface area (Å²) in [5, 5.41) is 16.0. The first-order valence-electron chi connectivity index (χ1n) is 6.09. The average molecular weight is 284 g/mol. The van der Waals surface area contributed by atoms with Gasteiger partial charge in [-0.25, -0.2) is 9.59 Å². The van der Waals surface area contributed by atoms with Gasteiger partial charge in [0.15, 0.2) is 6.04 Å². The molecular formula is C12H16N2O4S. The van der Waals surface area contributed by atoms with Crippen LogP contribution in [0, 0.1) is 0 Å². The van der Waals surface area contributed by atoms with E-state index >= 15 is 0 Å². The first-order chi connectivity index (χ1) is 9.16. The number of carbonyl (C=O) groups is 2. The number of amides is 2. The summed E-state index contributed by atoms with van der Waals surface area (Å²) in [5.41, 5.74) is 0. The van der Waals surface area contributed by atoms with Crippen molar-refractivity contribution in [2.24, 2.45) is 0 Å². The molecule has 1 aliphatic rings. The summed E-state index contributed by atoms with van der Waals surface area (Å²) in [7, 11) is 0. The maximum Gasteiger partial charge on any atom is 0.331 e. The fourth-order valence-electron chi connectivity index (χ4n) is 1.90. The van der Waals surface area contributed by atoms with Crippen molar-refractivity contribution in [1.29, 1.82) is 0 Å². The van der Waals surface area contributed by atoms with Crippen LogP contribution in [0.4, 0.5) is 4.79 Å². The molecule has 2 atom stereocenters. The Morgan fingerprint density at radius 2 is 2.42 bits per heavy atom. The van der Waals surface area contributed by atoms with Crippen molar-refractivity contribution < 1.29 is 19.4 Å². The third kappa shape index (κ3) is 3.93. The molecule has 2 unspecified atom stereocenters. The standard InChI is InChI=1S/C12H16N2O4S/c15-11(16)10(9-4-2-6-19-9)14-12(17)13-7-8-3-1-5-18-8/h2,4,6,8,10H,1,3,5,7H2,(H,15,16)(H2,13,14,17). The van der Waals surface area contributed by atoms with Crippen molar-refractivity contribution in [2.75, 3.05) is 13.2 Å². The molecule has 1 saturated heterocycles. The molecule has 3 N–H and O–H groups in total. The van der Waals surface area contributed by atoms with Crippen LogP contribution in [0.5, 0.6) is 0 Å². The highest BCUT2D eigenvalue weighted by molar-refractivity contribution is 7.10. The molecule has 0 saturated carbocycles. The van der Waals surface area contributed by atoms with Crippen LogP contribution in [0.25, 0.3) is 0 Å². The van der Waals surface area contributed by atoms with Crippen LogP contribution in [-0.2, 0) is 9.53 Å². The Morgan fingerprint density at radius 3 is 3.00 bits per heavy atom. The molecule has 0 aliphatic carbocycles. The monoisotopic (exact) mass is 284 g/mol. The Balaban J connectivity index is 1.83. The molecule has 0 radical (unpaired) electrons. The third-order valence-electron chi connectivity index (χ3n) is 2.86. The molecule has 7 heteroatoms. The molecule has 0 spiro atoms. The highest BCUT2D eigenvalue weighted by Crippen LogP contribution is 2.19. The second kappa shape index (κ2) is 6.53. The number of hydrogen-bond donors (Lipinski definition) is 3. The topological polar surface area (TPSA) is 87.7 Å². The minimum atomic E-state index is -1.07. The minimum absolute atomic E-state index is 0.0377. The fourth-order valence-corrected chi connectivity index (χ4v) is 2.67. The second-order valence-electron chi connectivity index (χ2n) is 4.28. The zero-order valence-electron chi connectivity index (χ0n) is 10.3. The molecule has 1 aromatic heterocycles. The number of carboxylic acids is 1. The number of ether oxygens (including phenoxy) is 1. The molecule has 19 heavy (non-hydrogen) atoms. The van der Waals surface area contributed by atoms with Crippen LogP contribution in [-0.4, -0.2) is 36.4 Å². The van der Waals surface area contributed by atoms with Gasteiger partial charge in [-0.1, -0.05) is 6.07 Å². The van der Waals surface area contributed by atoms with E-state index in [9.17, 15) is 9.59 Å². The van der Waals surface area contributed by atoms with Crippen LogP contribution in [0.1, 0.15) is 23.8 Å². The largest absolute Gasteiger partial charge is 0.479 e. The number of carboxylic acid groups (broad SMARTS) is 1. The number of urea groups is 1. The zero-order valence-corrected chi connectivity index (χ0v) is 11.1. The van der Waals surface area contributed by atoms with Crippen molar-refractivity contribution in [3.8, 4) is 0 Å². The number of thiophene rings is 1. The lowest BCUT2D eigenvalue weighted by Gasteiger charge is -2.15. The van der Waals surface area contributed by atoms with Crippen LogP contribution in [0.15, 0.2) is 17.5 Å². The van der Waals surface area contributed by atoms with Crippen LogP contribution >= 0.6 is 11.3 Å². The predicted molar refractivity (Wildman–Crippen MR) is 70.2 cm³/mol. The quantitative estimate of drug-likeness (QED) is 0.761. The Hall–Kier alpha value is -1.60. The van der Waals surface area contributed by atoms with Gasteiger partial charge in [0.1, 0.15) is 0 Å². The number of hydrogen-bond acceptors (Lipinski definition) is 4. The first-order valence-corrected chi connectivity index (χ1v) is 6.97. The predicted octanol–water partition coefficient (Wildman–Crippen LogP) is 1.35. The van der Waals surface area contributed by atoms with Crippen LogP contribution in [0.3, 0.4) is 0 Å². The van der Waals surface area contributed by atoms with E-state index in [0.717, 1.165) is 19.4 Å². The van der Waals surface area contributed by atoms with Crippen LogP contribution < -0.4 is 10.6 Å². The van der Waals surface area contributed by atoms with Crippen molar-refractivity contribution in [1.82, 2.24) is 10.6 Å². The Morgan fingerprint density at radius 1 is 1.58 bits per heavy atom. The summed E-state index contributed by atoms with van der Waals surface area (Å²) in [6.45, 7) is 1.13. The molecule has 2 rings (SSSR count). The van der Waals surface area contributed by atoms with Gasteiger partial charge in [-0.2, -0.15) is 0 Å². The molecule has 0 bridgehead atoms. The van der Waals surface area contributed by atoms with Gasteiger partial charge < -0.3 is 20.5 Å². The van der Waals surface area contributed by atoms with Crippen molar-refractivity contribution in [2.45, 2.75) is 25.0 Å². The van der Waals surface area contributed by atoms with Gasteiger partial charge in [0.25, 0.3) is 0 Å². The lowest BCUT2D eigenvalue weighted by molar-refractivity contribution is -0.139. The van der Waals surface area contributed by atoms with Gasteiger partial charge in [-0.05, 0) is 24.3 Å². The Bertz CT molecular complexity index is 429. The Labute approximate surface area is 114 Å². The van der Waals surface area contributed by atoms with E-state index in [1.807, 2.05) is 0 Å². The van der Waals surface area contributed by atoms with Crippen molar-refractivity contribution >= 4 is 23.3 Å². The molecule has 2 heterocycles. The SMILES string of the molecule is O=C(NCC1CCCO1)NC(C(=O)O)c1cccs1. The fraction of sp³-hybridized carbons (Fsp3) is 0.500. The first kappa shape index (κ1) is 13.8. The maximum absolute atomic E-state index is 11.7. The van der Waals surface area contributed by atoms with Crippen molar-refractivity contribution in [3.63, 3.8) is 0 Å². The van der Waals surface area contributed by atoms with E-state index in [2.05, 4.69) is 10.6 Å². The van der Waals surface area contributed by atoms with E-state index < -0.39 is 18.0 Å². The molecule has 104 valence electrons. The van der Waals surface area contributed by atoms with E-state index in [1.54, 1.807) is 17.5 Å². The highest BCUT2D eigenvalue weighted by Gasteiger charge is 2.23. The summed E-state index contributed by atoms with van der Waals surface area (Å²) in [6.07, 6.45) is 1.96. The van der Waals surface area contributed by atoms with E-state index in [-0.39, 0.29) is 6.10 Å². The second-order valence-corrected chi connectivity index (χ2v) is 5.26. The molecule has 1 aliphatic heterocycles. The zero-order chi connectivity index (χ0) is 13.7. The van der Waals surface area contributed by atoms with E-state index in [4.69, 9.17) is 9.84 Å². The van der Waals surface area contributed by atoms with Gasteiger partial charge >= 0.3 is 12.0 Å². The lowest BCUT2D eigenvalue weighted by Crippen LogP contribution is -2.43. The molecule has 0 aromatic carbocycles. The molecule has 6 nitrogen and oxygen atoms in total. The van der Waals surface area contributed by atoms with Gasteiger partial charge in [0.2, 0.25) is 0 Å². The minimum Gasteiger partial charge on any atom is -0.479 e. The summed E-state index contributed by atoms with van der Waals surface area (Å²) in [5.74, 6) is -1.07.